The van der Waals surface area contributed by atoms with Crippen molar-refractivity contribution in [1.29, 1.82) is 0 Å². The Morgan fingerprint density at radius 1 is 1.64 bits per heavy atom. The van der Waals surface area contributed by atoms with Gasteiger partial charge in [0.1, 0.15) is 0 Å². The molecule has 2 aromatic heterocycles. The molecule has 0 spiro atoms. The van der Waals surface area contributed by atoms with Crippen molar-refractivity contribution in [3.63, 3.8) is 0 Å². The van der Waals surface area contributed by atoms with Crippen molar-refractivity contribution >= 4 is 0 Å². The molecular formula is C8H11N5O. The molecule has 0 aliphatic rings. The minimum atomic E-state index is 0.0752. The number of nitrogens with one attached hydrogen (secondary N) is 1. The quantitative estimate of drug-likeness (QED) is 0.741. The van der Waals surface area contributed by atoms with Crippen LogP contribution in [0.3, 0.4) is 0 Å². The van der Waals surface area contributed by atoms with Gasteiger partial charge in [0, 0.05) is 24.9 Å². The summed E-state index contributed by atoms with van der Waals surface area (Å²) in [7, 11) is 0. The first-order chi connectivity index (χ1) is 6.81. The number of hydrogen-bond acceptors (Lipinski definition) is 5. The number of nitrogens with zero attached hydrogens (tertiary/aromatic N) is 3. The zero-order chi connectivity index (χ0) is 9.97. The molecule has 6 nitrogen and oxygen atoms in total. The van der Waals surface area contributed by atoms with Crippen LogP contribution >= 0.6 is 0 Å². The summed E-state index contributed by atoms with van der Waals surface area (Å²) in [5, 5.41) is 3.79. The van der Waals surface area contributed by atoms with E-state index in [4.69, 9.17) is 10.3 Å². The van der Waals surface area contributed by atoms with Gasteiger partial charge in [0.15, 0.2) is 5.82 Å². The van der Waals surface area contributed by atoms with E-state index in [1.807, 2.05) is 6.92 Å². The third-order valence-electron chi connectivity index (χ3n) is 1.93. The topological polar surface area (TPSA) is 93.6 Å². The molecule has 1 unspecified atom stereocenters. The van der Waals surface area contributed by atoms with Gasteiger partial charge in [0.2, 0.25) is 11.7 Å². The van der Waals surface area contributed by atoms with Crippen LogP contribution in [0.4, 0.5) is 0 Å². The van der Waals surface area contributed by atoms with E-state index in [1.165, 1.54) is 0 Å². The van der Waals surface area contributed by atoms with Crippen LogP contribution in [0.15, 0.2) is 16.9 Å². The van der Waals surface area contributed by atoms with E-state index in [9.17, 15) is 0 Å². The van der Waals surface area contributed by atoms with Gasteiger partial charge in [-0.05, 0) is 0 Å². The number of nitrogens with two attached hydrogens (primary N) is 1. The molecule has 0 amide bonds. The van der Waals surface area contributed by atoms with Gasteiger partial charge in [-0.25, -0.2) is 4.98 Å². The van der Waals surface area contributed by atoms with Crippen molar-refractivity contribution in [2.75, 3.05) is 6.54 Å². The van der Waals surface area contributed by atoms with E-state index in [1.54, 1.807) is 12.4 Å². The van der Waals surface area contributed by atoms with Gasteiger partial charge in [-0.2, -0.15) is 4.98 Å². The number of H-pyrrole nitrogens is 1. The van der Waals surface area contributed by atoms with Gasteiger partial charge >= 0.3 is 0 Å². The monoisotopic (exact) mass is 193 g/mol. The molecule has 0 saturated carbocycles. The highest BCUT2D eigenvalue weighted by atomic mass is 16.5. The summed E-state index contributed by atoms with van der Waals surface area (Å²) in [5.41, 5.74) is 5.48. The smallest absolute Gasteiger partial charge is 0.238 e. The number of rotatable bonds is 3. The van der Waals surface area contributed by atoms with Crippen LogP contribution in [-0.2, 0) is 0 Å². The van der Waals surface area contributed by atoms with Crippen LogP contribution in [0, 0.1) is 0 Å². The zero-order valence-electron chi connectivity index (χ0n) is 7.77. The fourth-order valence-electron chi connectivity index (χ4n) is 1.02. The first-order valence-corrected chi connectivity index (χ1v) is 4.34. The lowest BCUT2D eigenvalue weighted by atomic mass is 10.2. The van der Waals surface area contributed by atoms with E-state index in [0.717, 1.165) is 0 Å². The third kappa shape index (κ3) is 1.51. The summed E-state index contributed by atoms with van der Waals surface area (Å²) < 4.78 is 5.04. The maximum absolute atomic E-state index is 5.48. The molecule has 74 valence electrons. The first kappa shape index (κ1) is 8.89. The van der Waals surface area contributed by atoms with Gasteiger partial charge in [-0.15, -0.1) is 0 Å². The Bertz CT molecular complexity index is 394. The van der Waals surface area contributed by atoms with Crippen molar-refractivity contribution in [2.24, 2.45) is 5.73 Å². The van der Waals surface area contributed by atoms with Crippen LogP contribution < -0.4 is 5.73 Å². The average molecular weight is 193 g/mol. The van der Waals surface area contributed by atoms with E-state index >= 15 is 0 Å². The van der Waals surface area contributed by atoms with Crippen molar-refractivity contribution in [2.45, 2.75) is 12.8 Å². The molecule has 2 heterocycles. The third-order valence-corrected chi connectivity index (χ3v) is 1.93. The maximum Gasteiger partial charge on any atom is 0.238 e. The summed E-state index contributed by atoms with van der Waals surface area (Å²) in [4.78, 5) is 11.1. The highest BCUT2D eigenvalue weighted by Crippen LogP contribution is 2.15. The molecule has 0 aliphatic carbocycles. The average Bonchev–Trinajstić information content (AvgIpc) is 2.86. The Kier molecular flexibility index (Phi) is 2.28. The summed E-state index contributed by atoms with van der Waals surface area (Å²) in [6.07, 6.45) is 3.34. The summed E-state index contributed by atoms with van der Waals surface area (Å²) in [6.45, 7) is 2.42. The minimum absolute atomic E-state index is 0.0752. The summed E-state index contributed by atoms with van der Waals surface area (Å²) >= 11 is 0. The molecule has 0 radical (unpaired) electrons. The summed E-state index contributed by atoms with van der Waals surface area (Å²) in [6, 6.07) is 0. The van der Waals surface area contributed by atoms with Crippen molar-refractivity contribution < 1.29 is 4.52 Å². The lowest BCUT2D eigenvalue weighted by Gasteiger charge is -1.98. The molecule has 2 aromatic rings. The Balaban J connectivity index is 2.26. The number of hydrogen-bond donors (Lipinski definition) is 2. The van der Waals surface area contributed by atoms with E-state index in [2.05, 4.69) is 20.1 Å². The fourth-order valence-corrected chi connectivity index (χ4v) is 1.02. The van der Waals surface area contributed by atoms with Gasteiger partial charge in [0.25, 0.3) is 0 Å². The standard InChI is InChI=1S/C8H11N5O/c1-5(4-9)8-12-7(13-14-8)6-10-2-3-11-6/h2-3,5H,4,9H2,1H3,(H,10,11). The van der Waals surface area contributed by atoms with Gasteiger partial charge in [0.05, 0.1) is 0 Å². The highest BCUT2D eigenvalue weighted by Gasteiger charge is 2.14. The highest BCUT2D eigenvalue weighted by molar-refractivity contribution is 5.40. The zero-order valence-corrected chi connectivity index (χ0v) is 7.77. The molecule has 1 atom stereocenters. The van der Waals surface area contributed by atoms with E-state index in [-0.39, 0.29) is 5.92 Å². The Hall–Kier alpha value is -1.69. The number of aromatic amines is 1. The van der Waals surface area contributed by atoms with Gasteiger partial charge < -0.3 is 15.2 Å². The normalized spacial score (nSPS) is 13.0. The second-order valence-corrected chi connectivity index (χ2v) is 3.03. The molecular weight excluding hydrogens is 182 g/mol. The SMILES string of the molecule is CC(CN)c1nc(-c2ncc[nH]2)no1. The Morgan fingerprint density at radius 3 is 3.14 bits per heavy atom. The second-order valence-electron chi connectivity index (χ2n) is 3.03. The molecule has 2 rings (SSSR count). The van der Waals surface area contributed by atoms with Crippen molar-refractivity contribution in [1.82, 2.24) is 20.1 Å². The maximum atomic E-state index is 5.48. The fraction of sp³-hybridized carbons (Fsp3) is 0.375. The Labute approximate surface area is 80.5 Å². The predicted molar refractivity (Wildman–Crippen MR) is 49.3 cm³/mol. The molecule has 0 aliphatic heterocycles. The predicted octanol–water partition coefficient (Wildman–Crippen LogP) is 0.522. The van der Waals surface area contributed by atoms with Gasteiger partial charge in [-0.3, -0.25) is 0 Å². The molecule has 0 saturated heterocycles. The van der Waals surface area contributed by atoms with Crippen LogP contribution in [0.25, 0.3) is 11.6 Å². The molecule has 0 fully saturated rings. The molecule has 0 bridgehead atoms. The van der Waals surface area contributed by atoms with E-state index in [0.29, 0.717) is 24.1 Å². The molecule has 0 aromatic carbocycles. The van der Waals surface area contributed by atoms with Crippen molar-refractivity contribution in [3.05, 3.63) is 18.3 Å². The second kappa shape index (κ2) is 3.59. The van der Waals surface area contributed by atoms with Crippen LogP contribution in [0.1, 0.15) is 18.7 Å². The van der Waals surface area contributed by atoms with Crippen LogP contribution in [0.2, 0.25) is 0 Å². The Morgan fingerprint density at radius 2 is 2.50 bits per heavy atom. The molecule has 6 heteroatoms. The number of aromatic nitrogens is 4. The first-order valence-electron chi connectivity index (χ1n) is 4.34. The number of imidazole rings is 1. The lowest BCUT2D eigenvalue weighted by Crippen LogP contribution is -2.08. The van der Waals surface area contributed by atoms with Gasteiger partial charge in [-0.1, -0.05) is 12.1 Å². The van der Waals surface area contributed by atoms with Crippen LogP contribution in [0.5, 0.6) is 0 Å². The largest absolute Gasteiger partial charge is 0.342 e. The lowest BCUT2D eigenvalue weighted by molar-refractivity contribution is 0.361. The van der Waals surface area contributed by atoms with E-state index < -0.39 is 0 Å². The van der Waals surface area contributed by atoms with Crippen molar-refractivity contribution in [3.8, 4) is 11.6 Å². The summed E-state index contributed by atoms with van der Waals surface area (Å²) in [5.74, 6) is 1.68. The molecule has 14 heavy (non-hydrogen) atoms. The van der Waals surface area contributed by atoms with Crippen LogP contribution in [-0.4, -0.2) is 26.7 Å². The molecule has 3 N–H and O–H groups in total. The minimum Gasteiger partial charge on any atom is -0.342 e.